The molecule has 0 saturated heterocycles. The molecule has 1 aromatic carbocycles. The molecular weight excluding hydrogens is 272 g/mol. The second-order valence-electron chi connectivity index (χ2n) is 5.23. The number of benzene rings is 1. The molecule has 20 heavy (non-hydrogen) atoms. The Kier molecular flexibility index (Phi) is 6.49. The van der Waals surface area contributed by atoms with E-state index in [4.69, 9.17) is 5.73 Å². The van der Waals surface area contributed by atoms with Crippen LogP contribution in [0.25, 0.3) is 0 Å². The summed E-state index contributed by atoms with van der Waals surface area (Å²) in [6.07, 6.45) is 4.96. The molecule has 0 amide bonds. The number of anilines is 1. The van der Waals surface area contributed by atoms with Gasteiger partial charge in [-0.3, -0.25) is 0 Å². The van der Waals surface area contributed by atoms with Gasteiger partial charge in [0.05, 0.1) is 4.90 Å². The number of aryl methyl sites for hydroxylation is 1. The van der Waals surface area contributed by atoms with Crippen molar-refractivity contribution in [2.24, 2.45) is 0 Å². The van der Waals surface area contributed by atoms with Crippen LogP contribution in [0, 0.1) is 0 Å². The zero-order valence-corrected chi connectivity index (χ0v) is 13.5. The van der Waals surface area contributed by atoms with Crippen molar-refractivity contribution in [1.82, 2.24) is 4.72 Å². The summed E-state index contributed by atoms with van der Waals surface area (Å²) in [5.41, 5.74) is 7.37. The predicted molar refractivity (Wildman–Crippen MR) is 84.2 cm³/mol. The summed E-state index contributed by atoms with van der Waals surface area (Å²) >= 11 is 0. The second-order valence-corrected chi connectivity index (χ2v) is 6.95. The molecule has 5 heteroatoms. The van der Waals surface area contributed by atoms with E-state index in [1.165, 1.54) is 0 Å². The lowest BCUT2D eigenvalue weighted by atomic mass is 10.1. The molecule has 1 aromatic rings. The van der Waals surface area contributed by atoms with Gasteiger partial charge in [0, 0.05) is 11.7 Å². The molecule has 0 spiro atoms. The van der Waals surface area contributed by atoms with Crippen LogP contribution in [-0.2, 0) is 16.4 Å². The van der Waals surface area contributed by atoms with Crippen molar-refractivity contribution in [3.63, 3.8) is 0 Å². The topological polar surface area (TPSA) is 72.2 Å². The Morgan fingerprint density at radius 3 is 2.50 bits per heavy atom. The largest absolute Gasteiger partial charge is 0.398 e. The molecule has 0 aliphatic heterocycles. The average molecular weight is 298 g/mol. The van der Waals surface area contributed by atoms with Crippen LogP contribution in [-0.4, -0.2) is 14.5 Å². The molecule has 4 nitrogen and oxygen atoms in total. The summed E-state index contributed by atoms with van der Waals surface area (Å²) in [5, 5.41) is 0. The number of unbranched alkanes of at least 4 members (excludes halogenated alkanes) is 2. The molecule has 1 rings (SSSR count). The predicted octanol–water partition coefficient (Wildman–Crippen LogP) is 3.08. The van der Waals surface area contributed by atoms with E-state index in [1.54, 1.807) is 18.2 Å². The number of hydrogen-bond donors (Lipinski definition) is 2. The number of hydrogen-bond acceptors (Lipinski definition) is 3. The summed E-state index contributed by atoms with van der Waals surface area (Å²) in [4.78, 5) is 0.245. The summed E-state index contributed by atoms with van der Waals surface area (Å²) < 4.78 is 27.2. The summed E-state index contributed by atoms with van der Waals surface area (Å²) in [6, 6.07) is 4.89. The normalized spacial score (nSPS) is 13.3. The fourth-order valence-corrected chi connectivity index (χ4v) is 3.47. The van der Waals surface area contributed by atoms with Crippen LogP contribution in [0.3, 0.4) is 0 Å². The Labute approximate surface area is 122 Å². The van der Waals surface area contributed by atoms with Gasteiger partial charge in [-0.05, 0) is 37.5 Å². The van der Waals surface area contributed by atoms with Gasteiger partial charge in [0.2, 0.25) is 10.0 Å². The highest BCUT2D eigenvalue weighted by atomic mass is 32.2. The molecule has 0 fully saturated rings. The highest BCUT2D eigenvalue weighted by Gasteiger charge is 2.17. The second kappa shape index (κ2) is 7.64. The van der Waals surface area contributed by atoms with E-state index >= 15 is 0 Å². The van der Waals surface area contributed by atoms with Crippen LogP contribution in [0.4, 0.5) is 5.69 Å². The van der Waals surface area contributed by atoms with E-state index in [9.17, 15) is 8.42 Å². The molecule has 3 N–H and O–H groups in total. The standard InChI is InChI=1S/C15H26N2O2S/c1-4-6-7-8-12(3)17-20(18,19)14-10-9-13(5-2)15(16)11-14/h9-12,17H,4-8,16H2,1-3H3. The van der Waals surface area contributed by atoms with Gasteiger partial charge in [-0.15, -0.1) is 0 Å². The van der Waals surface area contributed by atoms with E-state index in [-0.39, 0.29) is 10.9 Å². The van der Waals surface area contributed by atoms with Gasteiger partial charge in [-0.25, -0.2) is 13.1 Å². The molecule has 0 aliphatic carbocycles. The van der Waals surface area contributed by atoms with E-state index in [0.29, 0.717) is 5.69 Å². The third-order valence-corrected chi connectivity index (χ3v) is 4.99. The van der Waals surface area contributed by atoms with Crippen molar-refractivity contribution in [3.8, 4) is 0 Å². The van der Waals surface area contributed by atoms with Gasteiger partial charge < -0.3 is 5.73 Å². The number of nitrogens with two attached hydrogens (primary N) is 1. The maximum atomic E-state index is 12.3. The Hall–Kier alpha value is -1.07. The first-order valence-electron chi connectivity index (χ1n) is 7.31. The number of nitrogen functional groups attached to an aromatic ring is 1. The Balaban J connectivity index is 2.75. The molecule has 1 unspecified atom stereocenters. The fourth-order valence-electron chi connectivity index (χ4n) is 2.15. The summed E-state index contributed by atoms with van der Waals surface area (Å²) in [5.74, 6) is 0. The lowest BCUT2D eigenvalue weighted by Gasteiger charge is -2.15. The lowest BCUT2D eigenvalue weighted by molar-refractivity contribution is 0.527. The maximum absolute atomic E-state index is 12.3. The molecule has 0 aromatic heterocycles. The van der Waals surface area contributed by atoms with Gasteiger partial charge in [0.25, 0.3) is 0 Å². The summed E-state index contributed by atoms with van der Waals surface area (Å²) in [7, 11) is -3.47. The van der Waals surface area contributed by atoms with Gasteiger partial charge in [0.15, 0.2) is 0 Å². The van der Waals surface area contributed by atoms with Crippen LogP contribution in [0.5, 0.6) is 0 Å². The Morgan fingerprint density at radius 1 is 1.25 bits per heavy atom. The fraction of sp³-hybridized carbons (Fsp3) is 0.600. The van der Waals surface area contributed by atoms with Crippen molar-refractivity contribution < 1.29 is 8.42 Å². The van der Waals surface area contributed by atoms with Gasteiger partial charge >= 0.3 is 0 Å². The molecule has 0 radical (unpaired) electrons. The Morgan fingerprint density at radius 2 is 1.95 bits per heavy atom. The van der Waals surface area contributed by atoms with E-state index in [2.05, 4.69) is 11.6 Å². The molecule has 0 aliphatic rings. The zero-order chi connectivity index (χ0) is 15.2. The minimum absolute atomic E-state index is 0.0568. The molecule has 0 saturated carbocycles. The summed E-state index contributed by atoms with van der Waals surface area (Å²) in [6.45, 7) is 6.03. The number of sulfonamides is 1. The zero-order valence-electron chi connectivity index (χ0n) is 12.6. The van der Waals surface area contributed by atoms with E-state index < -0.39 is 10.0 Å². The van der Waals surface area contributed by atoms with Crippen molar-refractivity contribution >= 4 is 15.7 Å². The van der Waals surface area contributed by atoms with Gasteiger partial charge in [0.1, 0.15) is 0 Å². The smallest absolute Gasteiger partial charge is 0.240 e. The molecule has 1 atom stereocenters. The third kappa shape index (κ3) is 4.80. The van der Waals surface area contributed by atoms with Crippen LogP contribution >= 0.6 is 0 Å². The number of nitrogens with one attached hydrogen (secondary N) is 1. The van der Waals surface area contributed by atoms with Crippen molar-refractivity contribution in [1.29, 1.82) is 0 Å². The van der Waals surface area contributed by atoms with Gasteiger partial charge in [-0.2, -0.15) is 0 Å². The monoisotopic (exact) mass is 298 g/mol. The van der Waals surface area contributed by atoms with E-state index in [0.717, 1.165) is 37.7 Å². The Bertz CT molecular complexity index is 527. The van der Waals surface area contributed by atoms with Crippen molar-refractivity contribution in [3.05, 3.63) is 23.8 Å². The highest BCUT2D eigenvalue weighted by molar-refractivity contribution is 7.89. The minimum atomic E-state index is -3.47. The first kappa shape index (κ1) is 17.0. The molecular formula is C15H26N2O2S. The maximum Gasteiger partial charge on any atom is 0.240 e. The number of rotatable bonds is 8. The average Bonchev–Trinajstić information content (AvgIpc) is 2.38. The van der Waals surface area contributed by atoms with Crippen molar-refractivity contribution in [2.75, 3.05) is 5.73 Å². The molecule has 0 bridgehead atoms. The first-order chi connectivity index (χ1) is 9.40. The van der Waals surface area contributed by atoms with Crippen LogP contribution in [0.1, 0.15) is 52.0 Å². The van der Waals surface area contributed by atoms with E-state index in [1.807, 2.05) is 13.8 Å². The van der Waals surface area contributed by atoms with Gasteiger partial charge in [-0.1, -0.05) is 39.2 Å². The highest BCUT2D eigenvalue weighted by Crippen LogP contribution is 2.19. The molecule has 0 heterocycles. The van der Waals surface area contributed by atoms with Crippen LogP contribution in [0.15, 0.2) is 23.1 Å². The first-order valence-corrected chi connectivity index (χ1v) is 8.79. The lowest BCUT2D eigenvalue weighted by Crippen LogP contribution is -2.32. The van der Waals surface area contributed by atoms with Crippen molar-refractivity contribution in [2.45, 2.75) is 63.8 Å². The SMILES string of the molecule is CCCCCC(C)NS(=O)(=O)c1ccc(CC)c(N)c1. The quantitative estimate of drug-likeness (QED) is 0.572. The van der Waals surface area contributed by atoms with Crippen LogP contribution in [0.2, 0.25) is 0 Å². The van der Waals surface area contributed by atoms with Crippen LogP contribution < -0.4 is 10.5 Å². The molecule has 114 valence electrons. The minimum Gasteiger partial charge on any atom is -0.398 e. The third-order valence-electron chi connectivity index (χ3n) is 3.41.